The van der Waals surface area contributed by atoms with Gasteiger partial charge in [-0.3, -0.25) is 9.80 Å². The molecule has 0 aliphatic heterocycles. The number of fused-ring (bicyclic) bond motifs is 6. The Labute approximate surface area is 301 Å². The summed E-state index contributed by atoms with van der Waals surface area (Å²) >= 11 is 0. The second-order valence-electron chi connectivity index (χ2n) is 15.1. The minimum Gasteiger partial charge on any atom is -0.423 e. The van der Waals surface area contributed by atoms with Crippen LogP contribution in [-0.2, 0) is 10.8 Å². The maximum absolute atomic E-state index is 7.21. The molecule has 250 valence electrons. The van der Waals surface area contributed by atoms with E-state index >= 15 is 0 Å². The van der Waals surface area contributed by atoms with Crippen LogP contribution in [0, 0.1) is 13.8 Å². The summed E-state index contributed by atoms with van der Waals surface area (Å²) in [7, 11) is 0. The Morgan fingerprint density at radius 2 is 0.725 bits per heavy atom. The molecule has 0 radical (unpaired) electrons. The van der Waals surface area contributed by atoms with Gasteiger partial charge in [-0.2, -0.15) is 0 Å². The van der Waals surface area contributed by atoms with Crippen molar-refractivity contribution in [3.63, 3.8) is 0 Å². The van der Waals surface area contributed by atoms with Crippen LogP contribution in [0.15, 0.2) is 150 Å². The van der Waals surface area contributed by atoms with E-state index in [0.29, 0.717) is 0 Å². The summed E-state index contributed by atoms with van der Waals surface area (Å²) in [4.78, 5) is 4.58. The molecule has 0 saturated carbocycles. The van der Waals surface area contributed by atoms with E-state index < -0.39 is 0 Å². The van der Waals surface area contributed by atoms with Gasteiger partial charge in [-0.25, -0.2) is 0 Å². The zero-order valence-electron chi connectivity index (χ0n) is 30.2. The quantitative estimate of drug-likeness (QED) is 0.177. The van der Waals surface area contributed by atoms with Gasteiger partial charge in [0.25, 0.3) is 0 Å². The Morgan fingerprint density at radius 1 is 0.373 bits per heavy atom. The lowest BCUT2D eigenvalue weighted by Gasteiger charge is -2.28. The van der Waals surface area contributed by atoms with Crippen molar-refractivity contribution < 1.29 is 4.42 Å². The van der Waals surface area contributed by atoms with Crippen molar-refractivity contribution in [3.05, 3.63) is 179 Å². The molecule has 0 atom stereocenters. The van der Waals surface area contributed by atoms with Crippen LogP contribution < -0.4 is 9.80 Å². The second-order valence-corrected chi connectivity index (χ2v) is 15.1. The molecule has 0 unspecified atom stereocenters. The fourth-order valence-electron chi connectivity index (χ4n) is 8.58. The van der Waals surface area contributed by atoms with E-state index in [0.717, 1.165) is 45.6 Å². The summed E-state index contributed by atoms with van der Waals surface area (Å²) < 4.78 is 7.21. The van der Waals surface area contributed by atoms with Crippen molar-refractivity contribution in [3.8, 4) is 22.3 Å². The van der Waals surface area contributed by atoms with E-state index in [1.807, 2.05) is 0 Å². The molecule has 0 saturated heterocycles. The Balaban J connectivity index is 1.22. The second kappa shape index (κ2) is 11.4. The van der Waals surface area contributed by atoms with Gasteiger partial charge in [-0.05, 0) is 107 Å². The average Bonchev–Trinajstić information content (AvgIpc) is 3.67. The van der Waals surface area contributed by atoms with Crippen molar-refractivity contribution in [2.75, 3.05) is 9.80 Å². The Morgan fingerprint density at radius 3 is 1.14 bits per heavy atom. The SMILES string of the molecule is Cc1c(N(c2ccccc2)c2ccc3c(c2)C(C)(C)c2ccccc2-3)oc(N(c2ccccc2)c2ccc3c(c2)C(C)(C)c2ccccc2-3)c1C. The maximum Gasteiger partial charge on any atom is 0.210 e. The first-order valence-electron chi connectivity index (χ1n) is 18.0. The fraction of sp³-hybridized carbons (Fsp3) is 0.167. The smallest absolute Gasteiger partial charge is 0.210 e. The third-order valence-corrected chi connectivity index (χ3v) is 11.5. The lowest BCUT2D eigenvalue weighted by molar-refractivity contribution is 0.576. The van der Waals surface area contributed by atoms with Gasteiger partial charge in [-0.15, -0.1) is 0 Å². The molecule has 6 aromatic carbocycles. The summed E-state index contributed by atoms with van der Waals surface area (Å²) in [6.07, 6.45) is 0. The normalized spacial score (nSPS) is 14.4. The van der Waals surface area contributed by atoms with Crippen molar-refractivity contribution in [2.45, 2.75) is 52.4 Å². The summed E-state index contributed by atoms with van der Waals surface area (Å²) in [6, 6.07) is 52.7. The lowest BCUT2D eigenvalue weighted by atomic mass is 9.82. The Kier molecular flexibility index (Phi) is 6.95. The van der Waals surface area contributed by atoms with Crippen LogP contribution >= 0.6 is 0 Å². The monoisotopic (exact) mass is 662 g/mol. The highest BCUT2D eigenvalue weighted by atomic mass is 16.4. The Hall–Kier alpha value is -5.80. The molecule has 9 rings (SSSR count). The van der Waals surface area contributed by atoms with Gasteiger partial charge in [0.05, 0.1) is 0 Å². The highest BCUT2D eigenvalue weighted by molar-refractivity contribution is 5.88. The van der Waals surface area contributed by atoms with Crippen LogP contribution in [0.25, 0.3) is 22.3 Å². The van der Waals surface area contributed by atoms with Crippen molar-refractivity contribution in [2.24, 2.45) is 0 Å². The summed E-state index contributed by atoms with van der Waals surface area (Å²) in [5, 5.41) is 0. The number of furan rings is 1. The van der Waals surface area contributed by atoms with Gasteiger partial charge in [0.2, 0.25) is 11.8 Å². The molecule has 7 aromatic rings. The Bertz CT molecular complexity index is 2280. The van der Waals surface area contributed by atoms with Gasteiger partial charge in [0.15, 0.2) is 0 Å². The van der Waals surface area contributed by atoms with E-state index in [-0.39, 0.29) is 10.8 Å². The van der Waals surface area contributed by atoms with Gasteiger partial charge < -0.3 is 4.42 Å². The van der Waals surface area contributed by atoms with Crippen molar-refractivity contribution in [1.29, 1.82) is 0 Å². The van der Waals surface area contributed by atoms with E-state index in [2.05, 4.69) is 197 Å². The molecule has 0 bridgehead atoms. The molecule has 0 fully saturated rings. The zero-order chi connectivity index (χ0) is 35.1. The highest BCUT2D eigenvalue weighted by Gasteiger charge is 2.38. The summed E-state index contributed by atoms with van der Waals surface area (Å²) in [6.45, 7) is 13.7. The predicted octanol–water partition coefficient (Wildman–Crippen LogP) is 13.4. The molecule has 1 heterocycles. The largest absolute Gasteiger partial charge is 0.423 e. The van der Waals surface area contributed by atoms with E-state index in [1.165, 1.54) is 44.5 Å². The van der Waals surface area contributed by atoms with Crippen LogP contribution in [0.4, 0.5) is 34.5 Å². The highest BCUT2D eigenvalue weighted by Crippen LogP contribution is 2.54. The molecule has 0 amide bonds. The number of hydrogen-bond donors (Lipinski definition) is 0. The predicted molar refractivity (Wildman–Crippen MR) is 213 cm³/mol. The molecule has 0 spiro atoms. The molecule has 0 N–H and O–H groups in total. The molecule has 2 aliphatic rings. The first kappa shape index (κ1) is 31.2. The number of para-hydroxylation sites is 2. The van der Waals surface area contributed by atoms with E-state index in [4.69, 9.17) is 4.42 Å². The number of benzene rings is 6. The third kappa shape index (κ3) is 4.64. The number of rotatable bonds is 6. The average molecular weight is 663 g/mol. The van der Waals surface area contributed by atoms with Gasteiger partial charge in [-0.1, -0.05) is 125 Å². The van der Waals surface area contributed by atoms with Gasteiger partial charge in [0, 0.05) is 44.7 Å². The third-order valence-electron chi connectivity index (χ3n) is 11.5. The molecule has 3 heteroatoms. The molecule has 51 heavy (non-hydrogen) atoms. The topological polar surface area (TPSA) is 19.6 Å². The first-order valence-corrected chi connectivity index (χ1v) is 18.0. The van der Waals surface area contributed by atoms with Crippen LogP contribution in [0.5, 0.6) is 0 Å². The number of nitrogens with zero attached hydrogens (tertiary/aromatic N) is 2. The summed E-state index contributed by atoms with van der Waals surface area (Å²) in [5.41, 5.74) is 16.9. The minimum absolute atomic E-state index is 0.116. The molecule has 1 aromatic heterocycles. The van der Waals surface area contributed by atoms with Crippen LogP contribution in [0.2, 0.25) is 0 Å². The molecule has 2 aliphatic carbocycles. The zero-order valence-corrected chi connectivity index (χ0v) is 30.2. The maximum atomic E-state index is 7.21. The first-order chi connectivity index (χ1) is 24.7. The van der Waals surface area contributed by atoms with Crippen LogP contribution in [0.3, 0.4) is 0 Å². The molecular formula is C48H42N2O. The molecular weight excluding hydrogens is 621 g/mol. The van der Waals surface area contributed by atoms with Crippen LogP contribution in [0.1, 0.15) is 61.1 Å². The van der Waals surface area contributed by atoms with Crippen molar-refractivity contribution >= 4 is 34.5 Å². The van der Waals surface area contributed by atoms with Gasteiger partial charge in [0.1, 0.15) is 0 Å². The number of hydrogen-bond acceptors (Lipinski definition) is 3. The van der Waals surface area contributed by atoms with E-state index in [9.17, 15) is 0 Å². The van der Waals surface area contributed by atoms with Crippen LogP contribution in [-0.4, -0.2) is 0 Å². The standard InChI is InChI=1S/C48H42N2O/c1-31-32(2)46(50(34-19-11-8-12-20-34)36-26-28-40-38-22-14-16-24-42(38)48(5,6)44(40)30-36)51-45(31)49(33-17-9-7-10-18-33)35-25-27-39-37-21-13-15-23-41(37)47(3,4)43(39)29-35/h7-30H,1-6H3. The summed E-state index contributed by atoms with van der Waals surface area (Å²) in [5.74, 6) is 1.63. The molecule has 3 nitrogen and oxygen atoms in total. The van der Waals surface area contributed by atoms with Gasteiger partial charge >= 0.3 is 0 Å². The minimum atomic E-state index is -0.116. The fourth-order valence-corrected chi connectivity index (χ4v) is 8.58. The number of anilines is 6. The lowest BCUT2D eigenvalue weighted by Crippen LogP contribution is -2.17. The van der Waals surface area contributed by atoms with Crippen molar-refractivity contribution in [1.82, 2.24) is 0 Å². The van der Waals surface area contributed by atoms with E-state index in [1.54, 1.807) is 0 Å².